The largest absolute Gasteiger partial charge is 0.324 e. The van der Waals surface area contributed by atoms with Crippen molar-refractivity contribution in [3.63, 3.8) is 0 Å². The van der Waals surface area contributed by atoms with E-state index in [9.17, 15) is 4.79 Å². The van der Waals surface area contributed by atoms with Crippen LogP contribution in [0.5, 0.6) is 0 Å². The van der Waals surface area contributed by atoms with Crippen LogP contribution in [0, 0.1) is 6.92 Å². The molecule has 6 heteroatoms. The monoisotopic (exact) mass is 276 g/mol. The molecule has 0 saturated carbocycles. The van der Waals surface area contributed by atoms with E-state index in [2.05, 4.69) is 15.5 Å². The van der Waals surface area contributed by atoms with Gasteiger partial charge in [-0.1, -0.05) is 41.7 Å². The van der Waals surface area contributed by atoms with Gasteiger partial charge in [0.2, 0.25) is 11.0 Å². The molecule has 2 aromatic rings. The average Bonchev–Trinajstić information content (AvgIpc) is 2.82. The van der Waals surface area contributed by atoms with E-state index in [4.69, 9.17) is 5.73 Å². The summed E-state index contributed by atoms with van der Waals surface area (Å²) >= 11 is 1.36. The summed E-state index contributed by atoms with van der Waals surface area (Å²) in [7, 11) is 0. The van der Waals surface area contributed by atoms with Crippen LogP contribution in [0.4, 0.5) is 5.13 Å². The van der Waals surface area contributed by atoms with Crippen molar-refractivity contribution < 1.29 is 4.79 Å². The molecule has 19 heavy (non-hydrogen) atoms. The van der Waals surface area contributed by atoms with Crippen molar-refractivity contribution in [1.82, 2.24) is 10.2 Å². The predicted octanol–water partition coefficient (Wildman–Crippen LogP) is 2.27. The first-order valence-corrected chi connectivity index (χ1v) is 6.87. The summed E-state index contributed by atoms with van der Waals surface area (Å²) in [5, 5.41) is 11.8. The number of nitrogens with two attached hydrogens (primary N) is 1. The Bertz CT molecular complexity index is 541. The van der Waals surface area contributed by atoms with Gasteiger partial charge >= 0.3 is 0 Å². The number of benzene rings is 1. The number of carbonyl (C=O) groups is 1. The average molecular weight is 276 g/mol. The maximum atomic E-state index is 11.7. The lowest BCUT2D eigenvalue weighted by atomic mass is 10.0. The summed E-state index contributed by atoms with van der Waals surface area (Å²) in [5.74, 6) is -0.0810. The van der Waals surface area contributed by atoms with Gasteiger partial charge in [0.25, 0.3) is 0 Å². The third-order valence-corrected chi connectivity index (χ3v) is 3.44. The van der Waals surface area contributed by atoms with E-state index in [0.29, 0.717) is 18.0 Å². The minimum absolute atomic E-state index is 0.0810. The van der Waals surface area contributed by atoms with Crippen molar-refractivity contribution in [2.45, 2.75) is 25.8 Å². The highest BCUT2D eigenvalue weighted by atomic mass is 32.1. The molecule has 0 aliphatic heterocycles. The van der Waals surface area contributed by atoms with Crippen LogP contribution in [-0.4, -0.2) is 16.1 Å². The van der Waals surface area contributed by atoms with Gasteiger partial charge in [-0.3, -0.25) is 4.79 Å². The molecule has 3 N–H and O–H groups in total. The van der Waals surface area contributed by atoms with Crippen molar-refractivity contribution in [3.8, 4) is 0 Å². The second-order valence-electron chi connectivity index (χ2n) is 4.23. The number of nitrogens with zero attached hydrogens (tertiary/aromatic N) is 2. The van der Waals surface area contributed by atoms with E-state index in [1.54, 1.807) is 0 Å². The smallest absolute Gasteiger partial charge is 0.226 e. The number of aryl methyl sites for hydroxylation is 1. The number of amides is 1. The Morgan fingerprint density at radius 3 is 2.74 bits per heavy atom. The second kappa shape index (κ2) is 6.40. The summed E-state index contributed by atoms with van der Waals surface area (Å²) in [5.41, 5.74) is 7.08. The summed E-state index contributed by atoms with van der Waals surface area (Å²) in [4.78, 5) is 11.7. The second-order valence-corrected chi connectivity index (χ2v) is 5.41. The lowest BCUT2D eigenvalue weighted by Gasteiger charge is -2.11. The number of rotatable bonds is 5. The molecule has 0 aliphatic carbocycles. The molecular weight excluding hydrogens is 260 g/mol. The van der Waals surface area contributed by atoms with Crippen LogP contribution in [0.15, 0.2) is 30.3 Å². The van der Waals surface area contributed by atoms with Gasteiger partial charge in [-0.2, -0.15) is 0 Å². The summed E-state index contributed by atoms with van der Waals surface area (Å²) in [6.45, 7) is 1.85. The van der Waals surface area contributed by atoms with Crippen LogP contribution in [0.1, 0.15) is 29.5 Å². The Hall–Kier alpha value is -1.79. The third-order valence-electron chi connectivity index (χ3n) is 2.68. The van der Waals surface area contributed by atoms with Crippen LogP contribution in [0.3, 0.4) is 0 Å². The maximum absolute atomic E-state index is 11.7. The highest BCUT2D eigenvalue weighted by Crippen LogP contribution is 2.17. The van der Waals surface area contributed by atoms with Crippen LogP contribution in [0.2, 0.25) is 0 Å². The van der Waals surface area contributed by atoms with Gasteiger partial charge < -0.3 is 11.1 Å². The SMILES string of the molecule is Cc1nnc(NC(=O)CCC(N)c2ccccc2)s1. The van der Waals surface area contributed by atoms with Gasteiger partial charge in [-0.25, -0.2) is 0 Å². The molecule has 0 fully saturated rings. The van der Waals surface area contributed by atoms with E-state index in [1.165, 1.54) is 11.3 Å². The highest BCUT2D eigenvalue weighted by molar-refractivity contribution is 7.15. The number of hydrogen-bond donors (Lipinski definition) is 2. The predicted molar refractivity (Wildman–Crippen MR) is 75.9 cm³/mol. The molecule has 1 heterocycles. The van der Waals surface area contributed by atoms with Crippen molar-refractivity contribution in [2.75, 3.05) is 5.32 Å². The van der Waals surface area contributed by atoms with Crippen molar-refractivity contribution in [3.05, 3.63) is 40.9 Å². The molecule has 1 atom stereocenters. The maximum Gasteiger partial charge on any atom is 0.226 e. The molecule has 2 rings (SSSR count). The van der Waals surface area contributed by atoms with Gasteiger partial charge in [0.05, 0.1) is 0 Å². The van der Waals surface area contributed by atoms with E-state index in [1.807, 2.05) is 37.3 Å². The van der Waals surface area contributed by atoms with Crippen LogP contribution in [-0.2, 0) is 4.79 Å². The van der Waals surface area contributed by atoms with Crippen LogP contribution < -0.4 is 11.1 Å². The first-order valence-electron chi connectivity index (χ1n) is 6.05. The number of carbonyl (C=O) groups excluding carboxylic acids is 1. The summed E-state index contributed by atoms with van der Waals surface area (Å²) < 4.78 is 0. The fraction of sp³-hybridized carbons (Fsp3) is 0.308. The number of anilines is 1. The molecule has 100 valence electrons. The Labute approximate surface area is 115 Å². The molecule has 1 unspecified atom stereocenters. The zero-order valence-electron chi connectivity index (χ0n) is 10.7. The Kier molecular flexibility index (Phi) is 4.59. The van der Waals surface area contributed by atoms with Gasteiger partial charge in [0, 0.05) is 12.5 Å². The third kappa shape index (κ3) is 4.11. The first-order chi connectivity index (χ1) is 9.15. The molecule has 1 amide bonds. The lowest BCUT2D eigenvalue weighted by molar-refractivity contribution is -0.116. The fourth-order valence-corrected chi connectivity index (χ4v) is 2.29. The first kappa shape index (κ1) is 13.6. The highest BCUT2D eigenvalue weighted by Gasteiger charge is 2.10. The molecule has 1 aromatic heterocycles. The fourth-order valence-electron chi connectivity index (χ4n) is 1.68. The summed E-state index contributed by atoms with van der Waals surface area (Å²) in [6.07, 6.45) is 0.975. The van der Waals surface area contributed by atoms with Crippen molar-refractivity contribution >= 4 is 22.4 Å². The Morgan fingerprint density at radius 1 is 1.37 bits per heavy atom. The Balaban J connectivity index is 1.80. The van der Waals surface area contributed by atoms with Crippen molar-refractivity contribution in [1.29, 1.82) is 0 Å². The molecule has 1 aromatic carbocycles. The molecule has 0 spiro atoms. The zero-order valence-corrected chi connectivity index (χ0v) is 11.5. The molecule has 5 nitrogen and oxygen atoms in total. The number of nitrogens with one attached hydrogen (secondary N) is 1. The topological polar surface area (TPSA) is 80.9 Å². The molecule has 0 bridgehead atoms. The van der Waals surface area contributed by atoms with Crippen LogP contribution in [0.25, 0.3) is 0 Å². The van der Waals surface area contributed by atoms with E-state index in [0.717, 1.165) is 10.6 Å². The molecular formula is C13H16N4OS. The van der Waals surface area contributed by atoms with E-state index in [-0.39, 0.29) is 11.9 Å². The van der Waals surface area contributed by atoms with E-state index < -0.39 is 0 Å². The molecule has 0 radical (unpaired) electrons. The standard InChI is InChI=1S/C13H16N4OS/c1-9-16-17-13(19-9)15-12(18)8-7-11(14)10-5-3-2-4-6-10/h2-6,11H,7-8,14H2,1H3,(H,15,17,18). The van der Waals surface area contributed by atoms with E-state index >= 15 is 0 Å². The quantitative estimate of drug-likeness (QED) is 0.877. The summed E-state index contributed by atoms with van der Waals surface area (Å²) in [6, 6.07) is 9.65. The van der Waals surface area contributed by atoms with Gasteiger partial charge in [-0.05, 0) is 18.9 Å². The van der Waals surface area contributed by atoms with Gasteiger partial charge in [-0.15, -0.1) is 10.2 Å². The van der Waals surface area contributed by atoms with Gasteiger partial charge in [0.1, 0.15) is 5.01 Å². The Morgan fingerprint density at radius 2 is 2.11 bits per heavy atom. The van der Waals surface area contributed by atoms with Crippen molar-refractivity contribution in [2.24, 2.45) is 5.73 Å². The normalized spacial score (nSPS) is 12.1. The molecule has 0 saturated heterocycles. The number of hydrogen-bond acceptors (Lipinski definition) is 5. The zero-order chi connectivity index (χ0) is 13.7. The minimum Gasteiger partial charge on any atom is -0.324 e. The van der Waals surface area contributed by atoms with Crippen LogP contribution >= 0.6 is 11.3 Å². The minimum atomic E-state index is -0.122. The lowest BCUT2D eigenvalue weighted by Crippen LogP contribution is -2.16. The van der Waals surface area contributed by atoms with Gasteiger partial charge in [0.15, 0.2) is 0 Å². The molecule has 0 aliphatic rings. The number of aromatic nitrogens is 2.